The minimum atomic E-state index is -0.317. The molecule has 0 spiro atoms. The molecule has 1 heterocycles. The van der Waals surface area contributed by atoms with Crippen molar-refractivity contribution in [1.29, 1.82) is 0 Å². The zero-order valence-electron chi connectivity index (χ0n) is 21.7. The molecule has 0 radical (unpaired) electrons. The molecule has 0 aromatic heterocycles. The summed E-state index contributed by atoms with van der Waals surface area (Å²) in [7, 11) is 3.26. The van der Waals surface area contributed by atoms with E-state index in [1.165, 1.54) is 0 Å². The van der Waals surface area contributed by atoms with E-state index in [4.69, 9.17) is 14.2 Å². The van der Waals surface area contributed by atoms with E-state index in [0.717, 1.165) is 52.4 Å². The fraction of sp³-hybridized carbons (Fsp3) is 0.323. The van der Waals surface area contributed by atoms with Crippen molar-refractivity contribution in [3.05, 3.63) is 89.1 Å². The number of ketones is 1. The lowest BCUT2D eigenvalue weighted by molar-refractivity contribution is -0.116. The van der Waals surface area contributed by atoms with Crippen molar-refractivity contribution in [3.63, 3.8) is 0 Å². The molecule has 2 N–H and O–H groups in total. The molecule has 5 rings (SSSR count). The Morgan fingerprint density at radius 2 is 1.62 bits per heavy atom. The van der Waals surface area contributed by atoms with Gasteiger partial charge in [-0.2, -0.15) is 0 Å². The second kappa shape index (κ2) is 11.0. The number of nitrogens with one attached hydrogen (secondary N) is 2. The van der Waals surface area contributed by atoms with Crippen LogP contribution < -0.4 is 24.8 Å². The maximum absolute atomic E-state index is 13.9. The Kier molecular flexibility index (Phi) is 7.35. The number of rotatable bonds is 8. The second-order valence-electron chi connectivity index (χ2n) is 9.52. The number of hydrogen-bond donors (Lipinski definition) is 2. The van der Waals surface area contributed by atoms with E-state index >= 15 is 0 Å². The highest BCUT2D eigenvalue weighted by Gasteiger charge is 2.37. The summed E-state index contributed by atoms with van der Waals surface area (Å²) in [6.45, 7) is 2.80. The molecule has 1 aliphatic carbocycles. The molecule has 37 heavy (non-hydrogen) atoms. The minimum Gasteiger partial charge on any atom is -0.493 e. The number of anilines is 2. The zero-order valence-corrected chi connectivity index (χ0v) is 21.7. The maximum Gasteiger partial charge on any atom is 0.163 e. The highest BCUT2D eigenvalue weighted by atomic mass is 16.5. The third-order valence-electron chi connectivity index (χ3n) is 7.17. The average molecular weight is 499 g/mol. The standard InChI is InChI=1S/C31H34N2O4/c1-4-5-16-37-27-13-9-6-10-22(27)31-30-25(32-23-11-7-8-12-24(23)33-31)17-21(18-26(30)34)20-14-15-28(35-2)29(19-20)36-3/h6-15,19,21,31-33H,4-5,16-18H2,1-3H3/t21-,31-/m0/s1. The second-order valence-corrected chi connectivity index (χ2v) is 9.52. The molecule has 0 saturated heterocycles. The first-order valence-corrected chi connectivity index (χ1v) is 12.9. The molecule has 6 heteroatoms. The van der Waals surface area contributed by atoms with Crippen LogP contribution in [-0.2, 0) is 4.79 Å². The summed E-state index contributed by atoms with van der Waals surface area (Å²) in [5, 5.41) is 7.28. The normalized spacial score (nSPS) is 18.6. The van der Waals surface area contributed by atoms with E-state index in [0.29, 0.717) is 30.9 Å². The molecule has 3 aromatic carbocycles. The van der Waals surface area contributed by atoms with Crippen LogP contribution in [0.1, 0.15) is 55.7 Å². The van der Waals surface area contributed by atoms with Crippen molar-refractivity contribution in [3.8, 4) is 17.2 Å². The summed E-state index contributed by atoms with van der Waals surface area (Å²) < 4.78 is 17.1. The van der Waals surface area contributed by atoms with Gasteiger partial charge in [-0.15, -0.1) is 0 Å². The number of ether oxygens (including phenoxy) is 3. The van der Waals surface area contributed by atoms with Crippen molar-refractivity contribution in [1.82, 2.24) is 0 Å². The fourth-order valence-corrected chi connectivity index (χ4v) is 5.24. The molecular formula is C31H34N2O4. The van der Waals surface area contributed by atoms with E-state index in [1.807, 2.05) is 60.7 Å². The van der Waals surface area contributed by atoms with Crippen molar-refractivity contribution in [2.45, 2.75) is 44.6 Å². The molecule has 0 saturated carbocycles. The highest BCUT2D eigenvalue weighted by molar-refractivity contribution is 6.01. The van der Waals surface area contributed by atoms with Gasteiger partial charge in [0.05, 0.1) is 38.2 Å². The van der Waals surface area contributed by atoms with Crippen LogP contribution in [0.2, 0.25) is 0 Å². The smallest absolute Gasteiger partial charge is 0.163 e. The zero-order chi connectivity index (χ0) is 25.8. The third-order valence-corrected chi connectivity index (χ3v) is 7.17. The summed E-state index contributed by atoms with van der Waals surface area (Å²) in [6.07, 6.45) is 3.18. The van der Waals surface area contributed by atoms with Crippen LogP contribution in [0.5, 0.6) is 17.2 Å². The van der Waals surface area contributed by atoms with Gasteiger partial charge in [-0.05, 0) is 54.7 Å². The van der Waals surface area contributed by atoms with Crippen LogP contribution in [-0.4, -0.2) is 26.6 Å². The first kappa shape index (κ1) is 24.8. The SMILES string of the molecule is CCCCOc1ccccc1[C@@H]1Nc2ccccc2NC2=C1C(=O)C[C@@H](c1ccc(OC)c(OC)c1)C2. The van der Waals surface area contributed by atoms with Crippen LogP contribution in [0.25, 0.3) is 0 Å². The number of methoxy groups -OCH3 is 2. The van der Waals surface area contributed by atoms with Crippen molar-refractivity contribution in [2.24, 2.45) is 0 Å². The van der Waals surface area contributed by atoms with Gasteiger partial charge in [0.2, 0.25) is 0 Å². The molecule has 2 atom stereocenters. The van der Waals surface area contributed by atoms with Gasteiger partial charge in [0.15, 0.2) is 17.3 Å². The number of benzene rings is 3. The summed E-state index contributed by atoms with van der Waals surface area (Å²) in [6, 6.07) is 21.8. The van der Waals surface area contributed by atoms with Crippen LogP contribution in [0.3, 0.4) is 0 Å². The Hall–Kier alpha value is -3.93. The Labute approximate surface area is 218 Å². The molecule has 0 bridgehead atoms. The van der Waals surface area contributed by atoms with Gasteiger partial charge < -0.3 is 24.8 Å². The molecular weight excluding hydrogens is 464 g/mol. The number of unbranched alkanes of at least 4 members (excludes halogenated alkanes) is 1. The Morgan fingerprint density at radius 1 is 0.865 bits per heavy atom. The quantitative estimate of drug-likeness (QED) is 0.331. The van der Waals surface area contributed by atoms with Gasteiger partial charge in [-0.1, -0.05) is 49.7 Å². The van der Waals surface area contributed by atoms with Crippen LogP contribution >= 0.6 is 0 Å². The molecule has 0 unspecified atom stereocenters. The number of hydrogen-bond acceptors (Lipinski definition) is 6. The molecule has 2 aliphatic rings. The predicted molar refractivity (Wildman–Crippen MR) is 147 cm³/mol. The monoisotopic (exact) mass is 498 g/mol. The molecule has 6 nitrogen and oxygen atoms in total. The van der Waals surface area contributed by atoms with Crippen LogP contribution in [0, 0.1) is 0 Å². The topological polar surface area (TPSA) is 68.8 Å². The lowest BCUT2D eigenvalue weighted by Gasteiger charge is -2.30. The molecule has 3 aromatic rings. The Balaban J connectivity index is 1.56. The summed E-state index contributed by atoms with van der Waals surface area (Å²) in [5.74, 6) is 2.32. The third kappa shape index (κ3) is 5.01. The molecule has 0 amide bonds. The number of Topliss-reactive ketones (excluding diaryl/α,β-unsaturated/α-hetero) is 1. The van der Waals surface area contributed by atoms with E-state index < -0.39 is 0 Å². The van der Waals surface area contributed by atoms with Crippen molar-refractivity contribution < 1.29 is 19.0 Å². The number of para-hydroxylation sites is 3. The van der Waals surface area contributed by atoms with E-state index in [-0.39, 0.29) is 17.7 Å². The van der Waals surface area contributed by atoms with E-state index in [1.54, 1.807) is 14.2 Å². The summed E-state index contributed by atoms with van der Waals surface area (Å²) in [5.41, 5.74) is 5.68. The lowest BCUT2D eigenvalue weighted by Crippen LogP contribution is -2.27. The summed E-state index contributed by atoms with van der Waals surface area (Å²) in [4.78, 5) is 13.9. The maximum atomic E-state index is 13.9. The number of carbonyl (C=O) groups is 1. The number of allylic oxidation sites excluding steroid dienone is 1. The first-order valence-electron chi connectivity index (χ1n) is 12.9. The average Bonchev–Trinajstić information content (AvgIpc) is 3.10. The highest BCUT2D eigenvalue weighted by Crippen LogP contribution is 2.46. The number of carbonyl (C=O) groups excluding carboxylic acids is 1. The predicted octanol–water partition coefficient (Wildman–Crippen LogP) is 6.86. The molecule has 1 aliphatic heterocycles. The van der Waals surface area contributed by atoms with Gasteiger partial charge in [-0.25, -0.2) is 0 Å². The lowest BCUT2D eigenvalue weighted by atomic mass is 9.78. The largest absolute Gasteiger partial charge is 0.493 e. The van der Waals surface area contributed by atoms with E-state index in [2.05, 4.69) is 23.6 Å². The Bertz CT molecular complexity index is 1320. The Morgan fingerprint density at radius 3 is 2.41 bits per heavy atom. The number of fused-ring (bicyclic) bond motifs is 1. The fourth-order valence-electron chi connectivity index (χ4n) is 5.24. The van der Waals surface area contributed by atoms with Crippen molar-refractivity contribution in [2.75, 3.05) is 31.5 Å². The first-order chi connectivity index (χ1) is 18.1. The summed E-state index contributed by atoms with van der Waals surface area (Å²) >= 11 is 0. The van der Waals surface area contributed by atoms with Gasteiger partial charge >= 0.3 is 0 Å². The van der Waals surface area contributed by atoms with Gasteiger partial charge in [0, 0.05) is 23.3 Å². The molecule has 192 valence electrons. The van der Waals surface area contributed by atoms with Gasteiger partial charge in [0.1, 0.15) is 5.75 Å². The molecule has 0 fully saturated rings. The van der Waals surface area contributed by atoms with Gasteiger partial charge in [0.25, 0.3) is 0 Å². The van der Waals surface area contributed by atoms with Crippen LogP contribution in [0.4, 0.5) is 11.4 Å². The van der Waals surface area contributed by atoms with E-state index in [9.17, 15) is 4.79 Å². The minimum absolute atomic E-state index is 0.0283. The van der Waals surface area contributed by atoms with Crippen LogP contribution in [0.15, 0.2) is 78.0 Å². The van der Waals surface area contributed by atoms with Gasteiger partial charge in [-0.3, -0.25) is 4.79 Å². The van der Waals surface area contributed by atoms with Crippen molar-refractivity contribution >= 4 is 17.2 Å².